The molecule has 0 aliphatic carbocycles. The van der Waals surface area contributed by atoms with E-state index in [1.165, 1.54) is 0 Å². The van der Waals surface area contributed by atoms with Crippen LogP contribution in [0.1, 0.15) is 32.3 Å². The van der Waals surface area contributed by atoms with E-state index in [9.17, 15) is 4.79 Å². The normalized spacial score (nSPS) is 10.6. The molecule has 0 fully saturated rings. The number of anilines is 3. The summed E-state index contributed by atoms with van der Waals surface area (Å²) in [6.45, 7) is 7.56. The minimum Gasteiger partial charge on any atom is -0.497 e. The number of rotatable bonds is 5. The number of nitrogens with zero attached hydrogens (tertiary/aromatic N) is 3. The summed E-state index contributed by atoms with van der Waals surface area (Å²) in [5.41, 5.74) is 3.31. The van der Waals surface area contributed by atoms with Crippen molar-refractivity contribution < 1.29 is 9.53 Å². The van der Waals surface area contributed by atoms with E-state index < -0.39 is 0 Å². The predicted molar refractivity (Wildman–Crippen MR) is 107 cm³/mol. The van der Waals surface area contributed by atoms with Gasteiger partial charge in [0, 0.05) is 10.6 Å². The van der Waals surface area contributed by atoms with Crippen molar-refractivity contribution in [1.82, 2.24) is 15.0 Å². The highest BCUT2D eigenvalue weighted by Crippen LogP contribution is 2.24. The quantitative estimate of drug-likeness (QED) is 0.687. The van der Waals surface area contributed by atoms with Crippen molar-refractivity contribution >= 4 is 34.0 Å². The lowest BCUT2D eigenvalue weighted by molar-refractivity contribution is 0.102. The number of methoxy groups -OCH3 is 1. The van der Waals surface area contributed by atoms with Crippen LogP contribution in [0.2, 0.25) is 0 Å². The van der Waals surface area contributed by atoms with Gasteiger partial charge in [-0.2, -0.15) is 0 Å². The number of amides is 1. The van der Waals surface area contributed by atoms with Crippen LogP contribution in [0.5, 0.6) is 5.75 Å². The number of benzene rings is 1. The Balaban J connectivity index is 1.79. The number of aryl methyl sites for hydroxylation is 4. The Labute approximate surface area is 161 Å². The Morgan fingerprint density at radius 3 is 2.11 bits per heavy atom. The number of hydrogen-bond donors (Lipinski definition) is 2. The molecule has 0 unspecified atom stereocenters. The van der Waals surface area contributed by atoms with Gasteiger partial charge in [0.05, 0.1) is 29.8 Å². The Bertz CT molecular complexity index is 940. The molecule has 0 saturated carbocycles. The average molecular weight is 383 g/mol. The van der Waals surface area contributed by atoms with E-state index in [1.807, 2.05) is 13.8 Å². The smallest absolute Gasteiger partial charge is 0.259 e. The van der Waals surface area contributed by atoms with Crippen LogP contribution in [0.3, 0.4) is 0 Å². The maximum Gasteiger partial charge on any atom is 0.259 e. The molecule has 3 aromatic rings. The Morgan fingerprint density at radius 1 is 0.963 bits per heavy atom. The molecule has 2 aromatic heterocycles. The maximum atomic E-state index is 12.7. The van der Waals surface area contributed by atoms with Crippen LogP contribution >= 0.6 is 11.3 Å². The molecular formula is C19H21N5O2S. The van der Waals surface area contributed by atoms with Gasteiger partial charge in [-0.15, -0.1) is 11.3 Å². The summed E-state index contributed by atoms with van der Waals surface area (Å²) in [6.07, 6.45) is 0. The molecule has 0 spiro atoms. The standard InChI is InChI=1S/C19H21N5O2S/c1-10-13(4)27-19(22-10)24-18-20-11(2)16(12(3)21-18)17(25)23-14-6-8-15(26-5)9-7-14/h6-9H,1-5H3,(H,23,25)(H,20,21,22,24). The lowest BCUT2D eigenvalue weighted by Crippen LogP contribution is -2.17. The fourth-order valence-electron chi connectivity index (χ4n) is 2.59. The first-order valence-corrected chi connectivity index (χ1v) is 9.20. The van der Waals surface area contributed by atoms with Crippen molar-refractivity contribution in [3.05, 3.63) is 51.8 Å². The highest BCUT2D eigenvalue weighted by Gasteiger charge is 2.17. The van der Waals surface area contributed by atoms with Crippen molar-refractivity contribution in [2.75, 3.05) is 17.7 Å². The van der Waals surface area contributed by atoms with Crippen molar-refractivity contribution in [3.8, 4) is 5.75 Å². The molecule has 140 valence electrons. The predicted octanol–water partition coefficient (Wildman–Crippen LogP) is 4.17. The van der Waals surface area contributed by atoms with Crippen molar-refractivity contribution in [3.63, 3.8) is 0 Å². The lowest BCUT2D eigenvalue weighted by Gasteiger charge is -2.12. The third-order valence-corrected chi connectivity index (χ3v) is 5.08. The molecule has 0 atom stereocenters. The van der Waals surface area contributed by atoms with Gasteiger partial charge in [-0.05, 0) is 52.0 Å². The van der Waals surface area contributed by atoms with Crippen LogP contribution in [0.25, 0.3) is 0 Å². The molecule has 0 bridgehead atoms. The zero-order chi connectivity index (χ0) is 19.6. The van der Waals surface area contributed by atoms with Gasteiger partial charge in [-0.25, -0.2) is 15.0 Å². The molecule has 0 aliphatic heterocycles. The summed E-state index contributed by atoms with van der Waals surface area (Å²) < 4.78 is 5.12. The van der Waals surface area contributed by atoms with Crippen molar-refractivity contribution in [2.24, 2.45) is 0 Å². The summed E-state index contributed by atoms with van der Waals surface area (Å²) in [7, 11) is 1.60. The van der Waals surface area contributed by atoms with Gasteiger partial charge in [-0.3, -0.25) is 4.79 Å². The number of thiazole rings is 1. The number of carbonyl (C=O) groups is 1. The lowest BCUT2D eigenvalue weighted by atomic mass is 10.1. The van der Waals surface area contributed by atoms with Gasteiger partial charge in [0.2, 0.25) is 5.95 Å². The Morgan fingerprint density at radius 2 is 1.59 bits per heavy atom. The van der Waals surface area contributed by atoms with Gasteiger partial charge in [-0.1, -0.05) is 0 Å². The SMILES string of the molecule is COc1ccc(NC(=O)c2c(C)nc(Nc3nc(C)c(C)s3)nc2C)cc1. The van der Waals surface area contributed by atoms with Crippen LogP contribution in [0.15, 0.2) is 24.3 Å². The van der Waals surface area contributed by atoms with Crippen LogP contribution in [0.4, 0.5) is 16.8 Å². The van der Waals surface area contributed by atoms with Crippen molar-refractivity contribution in [2.45, 2.75) is 27.7 Å². The third kappa shape index (κ3) is 4.22. The van der Waals surface area contributed by atoms with E-state index in [0.717, 1.165) is 21.5 Å². The summed E-state index contributed by atoms with van der Waals surface area (Å²) >= 11 is 1.54. The second-order valence-electron chi connectivity index (χ2n) is 6.06. The minimum atomic E-state index is -0.248. The Hall–Kier alpha value is -3.00. The van der Waals surface area contributed by atoms with Gasteiger partial charge < -0.3 is 15.4 Å². The molecule has 3 rings (SSSR count). The first-order valence-electron chi connectivity index (χ1n) is 8.39. The molecule has 0 saturated heterocycles. The van der Waals surface area contributed by atoms with E-state index >= 15 is 0 Å². The van der Waals surface area contributed by atoms with Gasteiger partial charge in [0.15, 0.2) is 5.13 Å². The van der Waals surface area contributed by atoms with Gasteiger partial charge in [0.25, 0.3) is 5.91 Å². The molecule has 2 heterocycles. The molecule has 2 N–H and O–H groups in total. The van der Waals surface area contributed by atoms with E-state index in [1.54, 1.807) is 56.6 Å². The van der Waals surface area contributed by atoms with E-state index in [2.05, 4.69) is 25.6 Å². The summed E-state index contributed by atoms with van der Waals surface area (Å²) in [5, 5.41) is 6.72. The zero-order valence-electron chi connectivity index (χ0n) is 15.9. The average Bonchev–Trinajstić information content (AvgIpc) is 2.92. The van der Waals surface area contributed by atoms with Crippen molar-refractivity contribution in [1.29, 1.82) is 0 Å². The zero-order valence-corrected chi connectivity index (χ0v) is 16.7. The first-order chi connectivity index (χ1) is 12.9. The second kappa shape index (κ2) is 7.71. The number of carbonyl (C=O) groups excluding carboxylic acids is 1. The highest BCUT2D eigenvalue weighted by atomic mass is 32.1. The minimum absolute atomic E-state index is 0.248. The van der Waals surface area contributed by atoms with Crippen LogP contribution in [-0.4, -0.2) is 28.0 Å². The van der Waals surface area contributed by atoms with E-state index in [4.69, 9.17) is 4.74 Å². The molecule has 8 heteroatoms. The largest absolute Gasteiger partial charge is 0.497 e. The molecule has 0 radical (unpaired) electrons. The molecule has 1 amide bonds. The summed E-state index contributed by atoms with van der Waals surface area (Å²) in [4.78, 5) is 27.1. The first kappa shape index (κ1) is 18.8. The molecule has 7 nitrogen and oxygen atoms in total. The number of nitrogens with one attached hydrogen (secondary N) is 2. The topological polar surface area (TPSA) is 89.0 Å². The molecule has 1 aromatic carbocycles. The van der Waals surface area contributed by atoms with Gasteiger partial charge in [0.1, 0.15) is 5.75 Å². The highest BCUT2D eigenvalue weighted by molar-refractivity contribution is 7.15. The van der Waals surface area contributed by atoms with Crippen LogP contribution < -0.4 is 15.4 Å². The van der Waals surface area contributed by atoms with E-state index in [-0.39, 0.29) is 5.91 Å². The molecule has 0 aliphatic rings. The van der Waals surface area contributed by atoms with E-state index in [0.29, 0.717) is 28.6 Å². The number of ether oxygens (including phenoxy) is 1. The van der Waals surface area contributed by atoms with Gasteiger partial charge >= 0.3 is 0 Å². The Kier molecular flexibility index (Phi) is 5.36. The third-order valence-electron chi connectivity index (χ3n) is 4.09. The summed E-state index contributed by atoms with van der Waals surface area (Å²) in [5.74, 6) is 0.911. The second-order valence-corrected chi connectivity index (χ2v) is 7.26. The fourth-order valence-corrected chi connectivity index (χ4v) is 3.40. The fraction of sp³-hybridized carbons (Fsp3) is 0.263. The molecule has 27 heavy (non-hydrogen) atoms. The van der Waals surface area contributed by atoms with Crippen LogP contribution in [-0.2, 0) is 0 Å². The summed E-state index contributed by atoms with van der Waals surface area (Å²) in [6, 6.07) is 7.14. The number of hydrogen-bond acceptors (Lipinski definition) is 7. The van der Waals surface area contributed by atoms with Crippen LogP contribution in [0, 0.1) is 27.7 Å². The monoisotopic (exact) mass is 383 g/mol. The maximum absolute atomic E-state index is 12.7. The number of aromatic nitrogens is 3. The molecular weight excluding hydrogens is 362 g/mol.